The Morgan fingerprint density at radius 2 is 1.54 bits per heavy atom. The van der Waals surface area contributed by atoms with E-state index in [1.165, 1.54) is 49.7 Å². The zero-order chi connectivity index (χ0) is 32.0. The molecule has 238 valence electrons. The number of fused-ring (bicyclic) bond motifs is 1. The Morgan fingerprint density at radius 1 is 0.848 bits per heavy atom. The van der Waals surface area contributed by atoms with Crippen molar-refractivity contribution in [1.29, 1.82) is 0 Å². The van der Waals surface area contributed by atoms with Gasteiger partial charge in [-0.2, -0.15) is 0 Å². The van der Waals surface area contributed by atoms with Gasteiger partial charge in [-0.1, -0.05) is 0 Å². The first kappa shape index (κ1) is 34.9. The minimum atomic E-state index is -1.29. The van der Waals surface area contributed by atoms with Crippen molar-refractivity contribution in [2.24, 2.45) is 5.41 Å². The number of aliphatic carboxylic acids is 1. The molecule has 0 saturated heterocycles. The molecule has 5 rings (SSSR count). The van der Waals surface area contributed by atoms with Gasteiger partial charge in [-0.25, -0.2) is 8.78 Å². The normalized spacial score (nSPS) is 12.8. The summed E-state index contributed by atoms with van der Waals surface area (Å²) in [5.41, 5.74) is -0.260. The van der Waals surface area contributed by atoms with E-state index in [0.717, 1.165) is 6.07 Å². The number of halogens is 2. The van der Waals surface area contributed by atoms with Gasteiger partial charge in [0, 0.05) is 41.5 Å². The number of carboxylic acids is 1. The molecule has 0 unspecified atom stereocenters. The fourth-order valence-electron chi connectivity index (χ4n) is 4.72. The number of rotatable bonds is 14. The molecular weight excluding hydrogens is 628 g/mol. The summed E-state index contributed by atoms with van der Waals surface area (Å²) in [6.45, 7) is 0.367. The van der Waals surface area contributed by atoms with E-state index in [0.29, 0.717) is 72.5 Å². The molecule has 4 aromatic rings. The third kappa shape index (κ3) is 8.42. The Balaban J connectivity index is 0.00000480. The van der Waals surface area contributed by atoms with E-state index in [2.05, 4.69) is 15.6 Å². The van der Waals surface area contributed by atoms with Crippen LogP contribution in [0.2, 0.25) is 0 Å². The number of aromatic nitrogens is 1. The third-order valence-electron chi connectivity index (χ3n) is 7.41. The van der Waals surface area contributed by atoms with E-state index in [1.54, 1.807) is 18.2 Å². The van der Waals surface area contributed by atoms with Gasteiger partial charge in [0.25, 0.3) is 0 Å². The second-order valence-corrected chi connectivity index (χ2v) is 10.6. The molecule has 0 bridgehead atoms. The van der Waals surface area contributed by atoms with Crippen molar-refractivity contribution in [1.82, 2.24) is 4.98 Å². The molecule has 1 fully saturated rings. The molecule has 3 aromatic carbocycles. The van der Waals surface area contributed by atoms with E-state index in [9.17, 15) is 18.8 Å². The number of hydrogen-bond acceptors (Lipinski definition) is 7. The molecule has 3 N–H and O–H groups in total. The Labute approximate surface area is 293 Å². The Morgan fingerprint density at radius 3 is 2.20 bits per heavy atom. The Kier molecular flexibility index (Phi) is 11.8. The fraction of sp³-hybridized carbons (Fsp3) is 0.273. The minimum absolute atomic E-state index is 0. The van der Waals surface area contributed by atoms with Gasteiger partial charge in [-0.15, -0.1) is 0 Å². The number of methoxy groups -OCH3 is 1. The molecule has 1 saturated carbocycles. The number of nitrogens with zero attached hydrogens (tertiary/aromatic N) is 1. The SMILES string of the molecule is COc1cc2c(Oc3ccc(NC(=O)C4(C(=O)Nc5ccc(F)cc5)CC4)cc3F)ccnc2cc1OCCCCCC(=O)O.[CaH2]. The van der Waals surface area contributed by atoms with Crippen LogP contribution in [0.5, 0.6) is 23.0 Å². The predicted octanol–water partition coefficient (Wildman–Crippen LogP) is 5.78. The number of ether oxygens (including phenoxy) is 3. The number of anilines is 2. The van der Waals surface area contributed by atoms with E-state index in [-0.39, 0.29) is 55.6 Å². The van der Waals surface area contributed by atoms with Crippen LogP contribution in [-0.2, 0) is 14.4 Å². The summed E-state index contributed by atoms with van der Waals surface area (Å²) in [6.07, 6.45) is 4.23. The molecule has 0 radical (unpaired) electrons. The number of carbonyl (C=O) groups excluding carboxylic acids is 2. The van der Waals surface area contributed by atoms with Crippen molar-refractivity contribution in [3.63, 3.8) is 0 Å². The first-order chi connectivity index (χ1) is 21.7. The van der Waals surface area contributed by atoms with Gasteiger partial charge >= 0.3 is 43.7 Å². The fourth-order valence-corrected chi connectivity index (χ4v) is 4.72. The van der Waals surface area contributed by atoms with Crippen LogP contribution in [0.4, 0.5) is 20.2 Å². The molecule has 0 spiro atoms. The van der Waals surface area contributed by atoms with Crippen molar-refractivity contribution in [2.75, 3.05) is 24.4 Å². The zero-order valence-corrected chi connectivity index (χ0v) is 24.4. The second kappa shape index (κ2) is 15.5. The Hall–Kier alpha value is -4.00. The van der Waals surface area contributed by atoms with E-state index in [4.69, 9.17) is 19.3 Å². The summed E-state index contributed by atoms with van der Waals surface area (Å²) in [4.78, 5) is 40.9. The molecule has 10 nitrogen and oxygen atoms in total. The van der Waals surface area contributed by atoms with E-state index < -0.39 is 34.8 Å². The maximum absolute atomic E-state index is 15.2. The van der Waals surface area contributed by atoms with Gasteiger partial charge in [0.2, 0.25) is 11.8 Å². The topological polar surface area (TPSA) is 136 Å². The predicted molar refractivity (Wildman–Crippen MR) is 170 cm³/mol. The summed E-state index contributed by atoms with van der Waals surface area (Å²) in [6, 6.07) is 14.1. The molecule has 0 atom stereocenters. The van der Waals surface area contributed by atoms with Crippen LogP contribution in [0.25, 0.3) is 10.9 Å². The average Bonchev–Trinajstić information content (AvgIpc) is 3.83. The number of benzene rings is 3. The molecule has 46 heavy (non-hydrogen) atoms. The summed E-state index contributed by atoms with van der Waals surface area (Å²) < 4.78 is 45.6. The number of carbonyl (C=O) groups is 3. The number of pyridine rings is 1. The van der Waals surface area contributed by atoms with Crippen molar-refractivity contribution in [3.8, 4) is 23.0 Å². The van der Waals surface area contributed by atoms with Gasteiger partial charge in [0.1, 0.15) is 17.0 Å². The van der Waals surface area contributed by atoms with Gasteiger partial charge in [0.15, 0.2) is 23.1 Å². The molecule has 1 aliphatic carbocycles. The first-order valence-electron chi connectivity index (χ1n) is 14.4. The van der Waals surface area contributed by atoms with Crippen molar-refractivity contribution in [2.45, 2.75) is 38.5 Å². The zero-order valence-electron chi connectivity index (χ0n) is 24.4. The standard InChI is InChI=1S/C33H31F2N3O7.Ca.2H/c1-43-28-18-23-25(19-29(28)44-16-4-2-3-5-30(39)40)36-15-12-26(23)45-27-11-10-22(17-24(27)35)38-32(42)33(13-14-33)31(41)37-21-8-6-20(34)7-9-21;;;/h6-12,15,17-19H,2-5,13-14,16H2,1H3,(H,37,41)(H,38,42)(H,39,40);;;. The van der Waals surface area contributed by atoms with Crippen LogP contribution in [-0.4, -0.2) is 79.3 Å². The van der Waals surface area contributed by atoms with Crippen LogP contribution in [0.3, 0.4) is 0 Å². The average molecular weight is 662 g/mol. The first-order valence-corrected chi connectivity index (χ1v) is 14.4. The van der Waals surface area contributed by atoms with Gasteiger partial charge in [0.05, 0.1) is 19.2 Å². The molecular formula is C33H33CaF2N3O7. The third-order valence-corrected chi connectivity index (χ3v) is 7.41. The number of carboxylic acid groups (broad SMARTS) is 1. The number of nitrogens with one attached hydrogen (secondary N) is 2. The van der Waals surface area contributed by atoms with E-state index >= 15 is 4.39 Å². The van der Waals surface area contributed by atoms with Crippen molar-refractivity contribution < 1.29 is 42.5 Å². The van der Waals surface area contributed by atoms with E-state index in [1.807, 2.05) is 0 Å². The summed E-state index contributed by atoms with van der Waals surface area (Å²) in [5.74, 6) is -2.02. The maximum atomic E-state index is 15.2. The molecule has 1 heterocycles. The summed E-state index contributed by atoms with van der Waals surface area (Å²) in [7, 11) is 1.49. The van der Waals surface area contributed by atoms with Gasteiger partial charge in [-0.3, -0.25) is 19.4 Å². The summed E-state index contributed by atoms with van der Waals surface area (Å²) in [5, 5.41) is 14.6. The quantitative estimate of drug-likeness (QED) is 0.0880. The van der Waals surface area contributed by atoms with Crippen LogP contribution >= 0.6 is 0 Å². The summed E-state index contributed by atoms with van der Waals surface area (Å²) >= 11 is 0. The van der Waals surface area contributed by atoms with Crippen molar-refractivity contribution >= 4 is 77.8 Å². The van der Waals surface area contributed by atoms with Crippen LogP contribution in [0.1, 0.15) is 38.5 Å². The second-order valence-electron chi connectivity index (χ2n) is 10.6. The number of unbranched alkanes of at least 4 members (excludes halogenated alkanes) is 2. The van der Waals surface area contributed by atoms with Crippen LogP contribution in [0.15, 0.2) is 66.9 Å². The van der Waals surface area contributed by atoms with Gasteiger partial charge in [-0.05, 0) is 80.6 Å². The molecule has 0 aliphatic heterocycles. The van der Waals surface area contributed by atoms with Gasteiger partial charge < -0.3 is 30.0 Å². The Bertz CT molecular complexity index is 1730. The molecule has 13 heteroatoms. The molecule has 1 aliphatic rings. The van der Waals surface area contributed by atoms with Crippen LogP contribution in [0, 0.1) is 17.0 Å². The van der Waals surface area contributed by atoms with Crippen LogP contribution < -0.4 is 24.8 Å². The monoisotopic (exact) mass is 661 g/mol. The molecule has 1 aromatic heterocycles. The number of hydrogen-bond donors (Lipinski definition) is 3. The molecule has 2 amide bonds. The number of amides is 2. The van der Waals surface area contributed by atoms with Crippen molar-refractivity contribution in [3.05, 3.63) is 78.5 Å².